The Morgan fingerprint density at radius 2 is 1.89 bits per heavy atom. The minimum atomic E-state index is -0.872. The Labute approximate surface area is 180 Å². The minimum absolute atomic E-state index is 0.0594. The van der Waals surface area contributed by atoms with Gasteiger partial charge in [-0.25, -0.2) is 0 Å². The number of rotatable bonds is 8. The summed E-state index contributed by atoms with van der Waals surface area (Å²) in [7, 11) is 0. The van der Waals surface area contributed by atoms with Crippen LogP contribution >= 0.6 is 31.9 Å². The quantitative estimate of drug-likeness (QED) is 0.387. The molecule has 0 saturated carbocycles. The highest BCUT2D eigenvalue weighted by Gasteiger charge is 2.20. The van der Waals surface area contributed by atoms with Crippen LogP contribution in [0.1, 0.15) is 25.0 Å². The summed E-state index contributed by atoms with van der Waals surface area (Å²) < 4.78 is 7.45. The molecule has 0 amide bonds. The van der Waals surface area contributed by atoms with Crippen LogP contribution in [0, 0.1) is 0 Å². The van der Waals surface area contributed by atoms with Crippen LogP contribution in [0.15, 0.2) is 51.5 Å². The number of fused-ring (bicyclic) bond motifs is 1. The molecule has 148 valence electrons. The first-order valence-electron chi connectivity index (χ1n) is 9.01. The lowest BCUT2D eigenvalue weighted by Gasteiger charge is -2.17. The molecule has 3 rings (SSSR count). The van der Waals surface area contributed by atoms with Crippen LogP contribution in [0.25, 0.3) is 10.9 Å². The number of para-hydroxylation sites is 1. The molecule has 0 aliphatic carbocycles. The molecule has 1 aromatic heterocycles. The third-order valence-corrected chi connectivity index (χ3v) is 5.54. The maximum Gasteiger partial charge on any atom is 0.321 e. The lowest BCUT2D eigenvalue weighted by atomic mass is 10.0. The smallest absolute Gasteiger partial charge is 0.321 e. The van der Waals surface area contributed by atoms with Gasteiger partial charge in [0.05, 0.1) is 15.0 Å². The zero-order chi connectivity index (χ0) is 20.3. The van der Waals surface area contributed by atoms with Crippen molar-refractivity contribution >= 4 is 48.7 Å². The summed E-state index contributed by atoms with van der Waals surface area (Å²) in [5, 5.41) is 13.9. The molecule has 0 bridgehead atoms. The van der Waals surface area contributed by atoms with Crippen LogP contribution in [0.3, 0.4) is 0 Å². The van der Waals surface area contributed by atoms with Crippen molar-refractivity contribution in [2.24, 2.45) is 0 Å². The molecular formula is C21H22Br2N2O3. The number of carboxylic acid groups (broad SMARTS) is 1. The summed E-state index contributed by atoms with van der Waals surface area (Å²) in [5.74, 6) is -0.129. The first-order valence-corrected chi connectivity index (χ1v) is 10.6. The van der Waals surface area contributed by atoms with E-state index in [0.717, 1.165) is 36.7 Å². The maximum absolute atomic E-state index is 11.8. The number of ether oxygens (including phenoxy) is 1. The highest BCUT2D eigenvalue weighted by molar-refractivity contribution is 9.11. The van der Waals surface area contributed by atoms with Crippen molar-refractivity contribution < 1.29 is 14.6 Å². The Morgan fingerprint density at radius 1 is 1.21 bits per heavy atom. The fraction of sp³-hybridized carbons (Fsp3) is 0.286. The number of H-pyrrole nitrogens is 1. The van der Waals surface area contributed by atoms with Crippen molar-refractivity contribution in [3.8, 4) is 5.75 Å². The van der Waals surface area contributed by atoms with E-state index < -0.39 is 12.0 Å². The third-order valence-electron chi connectivity index (χ3n) is 4.36. The number of carboxylic acids is 1. The van der Waals surface area contributed by atoms with Gasteiger partial charge in [-0.15, -0.1) is 0 Å². The minimum Gasteiger partial charge on any atom is -0.489 e. The van der Waals surface area contributed by atoms with Crippen LogP contribution in [0.2, 0.25) is 0 Å². The second-order valence-electron chi connectivity index (χ2n) is 6.89. The standard InChI is InChI=1S/C21H22Br2N2O3/c1-12(2)28-20-16(22)7-13(8-17(20)23)10-24-19(21(26)27)9-14-11-25-18-6-4-3-5-15(14)18/h3-8,11-12,19,24-25H,9-10H2,1-2H3,(H,26,27)/t19-/m0/s1. The molecule has 7 heteroatoms. The zero-order valence-electron chi connectivity index (χ0n) is 15.6. The molecule has 1 heterocycles. The first-order chi connectivity index (χ1) is 13.3. The number of hydrogen-bond acceptors (Lipinski definition) is 3. The first kappa shape index (κ1) is 20.9. The average molecular weight is 510 g/mol. The van der Waals surface area contributed by atoms with E-state index in [1.165, 1.54) is 0 Å². The van der Waals surface area contributed by atoms with Gasteiger partial charge in [0, 0.05) is 30.1 Å². The predicted octanol–water partition coefficient (Wildman–Crippen LogP) is 5.27. The number of benzene rings is 2. The van der Waals surface area contributed by atoms with Gasteiger partial charge in [0.2, 0.25) is 0 Å². The highest BCUT2D eigenvalue weighted by atomic mass is 79.9. The van der Waals surface area contributed by atoms with Gasteiger partial charge in [0.15, 0.2) is 0 Å². The molecule has 5 nitrogen and oxygen atoms in total. The van der Waals surface area contributed by atoms with Crippen LogP contribution in [-0.2, 0) is 17.8 Å². The van der Waals surface area contributed by atoms with E-state index in [1.54, 1.807) is 0 Å². The Bertz CT molecular complexity index is 962. The Hall–Kier alpha value is -1.83. The highest BCUT2D eigenvalue weighted by Crippen LogP contribution is 2.35. The molecule has 3 aromatic rings. The fourth-order valence-corrected chi connectivity index (χ4v) is 4.54. The largest absolute Gasteiger partial charge is 0.489 e. The monoisotopic (exact) mass is 508 g/mol. The zero-order valence-corrected chi connectivity index (χ0v) is 18.8. The second-order valence-corrected chi connectivity index (χ2v) is 8.60. The normalized spacial score (nSPS) is 12.5. The molecule has 2 aromatic carbocycles. The van der Waals surface area contributed by atoms with Gasteiger partial charge >= 0.3 is 5.97 Å². The summed E-state index contributed by atoms with van der Waals surface area (Å²) in [4.78, 5) is 15.0. The predicted molar refractivity (Wildman–Crippen MR) is 118 cm³/mol. The molecule has 0 spiro atoms. The molecule has 0 fully saturated rings. The molecule has 0 aliphatic rings. The summed E-state index contributed by atoms with van der Waals surface area (Å²) in [5.41, 5.74) is 2.95. The van der Waals surface area contributed by atoms with Gasteiger partial charge in [0.25, 0.3) is 0 Å². The SMILES string of the molecule is CC(C)Oc1c(Br)cc(CN[C@@H](Cc2c[nH]c3ccccc23)C(=O)O)cc1Br. The molecule has 0 radical (unpaired) electrons. The lowest BCUT2D eigenvalue weighted by molar-refractivity contribution is -0.139. The van der Waals surface area contributed by atoms with Gasteiger partial charge in [-0.05, 0) is 75.0 Å². The van der Waals surface area contributed by atoms with E-state index in [1.807, 2.05) is 56.4 Å². The van der Waals surface area contributed by atoms with E-state index in [0.29, 0.717) is 13.0 Å². The summed E-state index contributed by atoms with van der Waals surface area (Å²) in [6, 6.07) is 11.1. The van der Waals surface area contributed by atoms with Crippen molar-refractivity contribution in [3.63, 3.8) is 0 Å². The van der Waals surface area contributed by atoms with Crippen molar-refractivity contribution in [1.29, 1.82) is 0 Å². The summed E-state index contributed by atoms with van der Waals surface area (Å²) in [6.45, 7) is 4.37. The van der Waals surface area contributed by atoms with E-state index in [4.69, 9.17) is 4.74 Å². The molecule has 28 heavy (non-hydrogen) atoms. The van der Waals surface area contributed by atoms with E-state index >= 15 is 0 Å². The van der Waals surface area contributed by atoms with Crippen molar-refractivity contribution in [3.05, 3.63) is 62.7 Å². The lowest BCUT2D eigenvalue weighted by Crippen LogP contribution is -2.38. The number of aromatic amines is 1. The number of halogens is 2. The van der Waals surface area contributed by atoms with Crippen molar-refractivity contribution in [2.45, 2.75) is 39.0 Å². The average Bonchev–Trinajstić information content (AvgIpc) is 3.04. The maximum atomic E-state index is 11.8. The van der Waals surface area contributed by atoms with Crippen molar-refractivity contribution in [2.75, 3.05) is 0 Å². The van der Waals surface area contributed by atoms with E-state index in [9.17, 15) is 9.90 Å². The van der Waals surface area contributed by atoms with Crippen LogP contribution in [0.4, 0.5) is 0 Å². The second kappa shape index (κ2) is 9.11. The number of aliphatic carboxylic acids is 1. The molecule has 1 atom stereocenters. The van der Waals surface area contributed by atoms with Crippen LogP contribution in [-0.4, -0.2) is 28.2 Å². The number of aromatic nitrogens is 1. The fourth-order valence-electron chi connectivity index (χ4n) is 3.07. The molecule has 0 unspecified atom stereocenters. The number of hydrogen-bond donors (Lipinski definition) is 3. The Kier molecular flexibility index (Phi) is 6.80. The van der Waals surface area contributed by atoms with E-state index in [-0.39, 0.29) is 6.10 Å². The number of carbonyl (C=O) groups is 1. The van der Waals surface area contributed by atoms with E-state index in [2.05, 4.69) is 42.2 Å². The number of nitrogens with one attached hydrogen (secondary N) is 2. The Balaban J connectivity index is 1.73. The Morgan fingerprint density at radius 3 is 2.54 bits per heavy atom. The van der Waals surface area contributed by atoms with Gasteiger partial charge < -0.3 is 20.1 Å². The summed E-state index contributed by atoms with van der Waals surface area (Å²) >= 11 is 7.07. The third kappa shape index (κ3) is 4.96. The van der Waals surface area contributed by atoms with Crippen molar-refractivity contribution in [1.82, 2.24) is 10.3 Å². The summed E-state index contributed by atoms with van der Waals surface area (Å²) in [6.07, 6.45) is 2.34. The van der Waals surface area contributed by atoms with Crippen LogP contribution < -0.4 is 10.1 Å². The van der Waals surface area contributed by atoms with Crippen LogP contribution in [0.5, 0.6) is 5.75 Å². The van der Waals surface area contributed by atoms with Gasteiger partial charge in [-0.1, -0.05) is 18.2 Å². The molecule has 0 saturated heterocycles. The topological polar surface area (TPSA) is 74.3 Å². The van der Waals surface area contributed by atoms with Gasteiger partial charge in [-0.2, -0.15) is 0 Å². The molecular weight excluding hydrogens is 488 g/mol. The van der Waals surface area contributed by atoms with Gasteiger partial charge in [-0.3, -0.25) is 4.79 Å². The molecule has 0 aliphatic heterocycles. The molecule has 3 N–H and O–H groups in total. The van der Waals surface area contributed by atoms with Gasteiger partial charge in [0.1, 0.15) is 11.8 Å².